The van der Waals surface area contributed by atoms with Crippen LogP contribution in [-0.2, 0) is 11.2 Å². The van der Waals surface area contributed by atoms with E-state index in [2.05, 4.69) is 15.3 Å². The molecule has 0 aliphatic rings. The molecule has 132 valence electrons. The van der Waals surface area contributed by atoms with E-state index in [9.17, 15) is 14.4 Å². The highest BCUT2D eigenvalue weighted by Gasteiger charge is 2.13. The highest BCUT2D eigenvalue weighted by atomic mass is 16.4. The molecule has 0 saturated carbocycles. The number of carbonyl (C=O) groups is 1. The standard InChI is InChI=1S/C18H16N4O4/c1-9-12(10(2)20-17(24)13(9)8-19)4-6-16(23)21-11-3-5-15-14(7-11)22-18(25)26-15/h3,5,7H,4,6H2,1-2H3,(H,20,24)(H,21,23)(H,22,25). The van der Waals surface area contributed by atoms with Crippen molar-refractivity contribution in [1.82, 2.24) is 9.97 Å². The zero-order valence-electron chi connectivity index (χ0n) is 14.2. The summed E-state index contributed by atoms with van der Waals surface area (Å²) in [4.78, 5) is 40.3. The predicted molar refractivity (Wildman–Crippen MR) is 95.0 cm³/mol. The second-order valence-corrected chi connectivity index (χ2v) is 5.94. The Hall–Kier alpha value is -3.60. The maximum Gasteiger partial charge on any atom is 0.417 e. The van der Waals surface area contributed by atoms with Gasteiger partial charge in [0.2, 0.25) is 5.91 Å². The number of aromatic nitrogens is 2. The molecule has 0 aliphatic heterocycles. The molecule has 8 heteroatoms. The number of fused-ring (bicyclic) bond motifs is 1. The van der Waals surface area contributed by atoms with E-state index in [1.807, 2.05) is 6.07 Å². The Morgan fingerprint density at radius 3 is 2.77 bits per heavy atom. The van der Waals surface area contributed by atoms with Crippen molar-refractivity contribution in [3.63, 3.8) is 0 Å². The summed E-state index contributed by atoms with van der Waals surface area (Å²) in [5.41, 5.74) is 3.13. The first kappa shape index (κ1) is 17.2. The van der Waals surface area contributed by atoms with E-state index in [0.29, 0.717) is 34.5 Å². The fourth-order valence-electron chi connectivity index (χ4n) is 2.91. The van der Waals surface area contributed by atoms with Crippen LogP contribution in [0.5, 0.6) is 0 Å². The Labute approximate surface area is 147 Å². The van der Waals surface area contributed by atoms with Gasteiger partial charge in [0.05, 0.1) is 5.52 Å². The van der Waals surface area contributed by atoms with Crippen molar-refractivity contribution in [3.8, 4) is 6.07 Å². The number of rotatable bonds is 4. The number of hydrogen-bond acceptors (Lipinski definition) is 5. The second kappa shape index (κ2) is 6.72. The third kappa shape index (κ3) is 3.28. The van der Waals surface area contributed by atoms with E-state index in [4.69, 9.17) is 9.68 Å². The second-order valence-electron chi connectivity index (χ2n) is 5.94. The van der Waals surface area contributed by atoms with Crippen LogP contribution < -0.4 is 16.6 Å². The summed E-state index contributed by atoms with van der Waals surface area (Å²) >= 11 is 0. The molecular weight excluding hydrogens is 336 g/mol. The summed E-state index contributed by atoms with van der Waals surface area (Å²) in [5, 5.41) is 11.8. The van der Waals surface area contributed by atoms with Crippen LogP contribution in [-0.4, -0.2) is 15.9 Å². The first-order valence-corrected chi connectivity index (χ1v) is 7.94. The summed E-state index contributed by atoms with van der Waals surface area (Å²) in [5.74, 6) is -0.778. The van der Waals surface area contributed by atoms with Gasteiger partial charge in [0.25, 0.3) is 5.56 Å². The molecule has 3 N–H and O–H groups in total. The maximum atomic E-state index is 12.2. The number of H-pyrrole nitrogens is 2. The number of aryl methyl sites for hydroxylation is 1. The van der Waals surface area contributed by atoms with Gasteiger partial charge in [-0.05, 0) is 49.6 Å². The fourth-order valence-corrected chi connectivity index (χ4v) is 2.91. The van der Waals surface area contributed by atoms with E-state index >= 15 is 0 Å². The van der Waals surface area contributed by atoms with Gasteiger partial charge >= 0.3 is 5.76 Å². The lowest BCUT2D eigenvalue weighted by atomic mass is 9.99. The van der Waals surface area contributed by atoms with Crippen LogP contribution in [0.2, 0.25) is 0 Å². The Morgan fingerprint density at radius 2 is 2.04 bits per heavy atom. The van der Waals surface area contributed by atoms with Crippen LogP contribution in [0.3, 0.4) is 0 Å². The summed E-state index contributed by atoms with van der Waals surface area (Å²) in [6.45, 7) is 3.45. The van der Waals surface area contributed by atoms with Crippen molar-refractivity contribution in [1.29, 1.82) is 5.26 Å². The molecule has 0 fully saturated rings. The van der Waals surface area contributed by atoms with Gasteiger partial charge in [-0.25, -0.2) is 4.79 Å². The van der Waals surface area contributed by atoms with Crippen molar-refractivity contribution >= 4 is 22.7 Å². The van der Waals surface area contributed by atoms with Gasteiger partial charge in [-0.1, -0.05) is 0 Å². The molecule has 0 bridgehead atoms. The number of oxazole rings is 1. The number of hydrogen-bond donors (Lipinski definition) is 3. The van der Waals surface area contributed by atoms with Gasteiger partial charge in [0, 0.05) is 17.8 Å². The lowest BCUT2D eigenvalue weighted by Gasteiger charge is -2.11. The van der Waals surface area contributed by atoms with Crippen LogP contribution in [0.4, 0.5) is 5.69 Å². The number of benzene rings is 1. The number of pyridine rings is 1. The zero-order valence-corrected chi connectivity index (χ0v) is 14.2. The fraction of sp³-hybridized carbons (Fsp3) is 0.222. The Morgan fingerprint density at radius 1 is 1.27 bits per heavy atom. The highest BCUT2D eigenvalue weighted by Crippen LogP contribution is 2.18. The highest BCUT2D eigenvalue weighted by molar-refractivity contribution is 5.92. The number of aromatic amines is 2. The van der Waals surface area contributed by atoms with Crippen molar-refractivity contribution < 1.29 is 9.21 Å². The van der Waals surface area contributed by atoms with E-state index in [0.717, 1.165) is 5.56 Å². The molecular formula is C18H16N4O4. The zero-order chi connectivity index (χ0) is 18.8. The largest absolute Gasteiger partial charge is 0.417 e. The van der Waals surface area contributed by atoms with Crippen molar-refractivity contribution in [3.05, 3.63) is 61.5 Å². The average Bonchev–Trinajstić information content (AvgIpc) is 2.94. The van der Waals surface area contributed by atoms with Gasteiger partial charge in [-0.2, -0.15) is 5.26 Å². The number of nitriles is 1. The molecule has 3 aromatic rings. The Bertz CT molecular complexity index is 1160. The topological polar surface area (TPSA) is 132 Å². The molecule has 3 rings (SSSR count). The van der Waals surface area contributed by atoms with Gasteiger partial charge in [-0.3, -0.25) is 14.6 Å². The molecule has 1 aromatic carbocycles. The lowest BCUT2D eigenvalue weighted by molar-refractivity contribution is -0.116. The molecule has 1 amide bonds. The predicted octanol–water partition coefficient (Wildman–Crippen LogP) is 1.87. The minimum absolute atomic E-state index is 0.0698. The van der Waals surface area contributed by atoms with Crippen molar-refractivity contribution in [2.24, 2.45) is 0 Å². The summed E-state index contributed by atoms with van der Waals surface area (Å²) in [7, 11) is 0. The Balaban J connectivity index is 1.73. The normalized spacial score (nSPS) is 10.7. The quantitative estimate of drug-likeness (QED) is 0.659. The molecule has 2 heterocycles. The summed E-state index contributed by atoms with van der Waals surface area (Å²) in [6.07, 6.45) is 0.568. The molecule has 0 radical (unpaired) electrons. The van der Waals surface area contributed by atoms with Crippen LogP contribution in [0.1, 0.15) is 28.8 Å². The van der Waals surface area contributed by atoms with Gasteiger partial charge in [0.15, 0.2) is 5.58 Å². The summed E-state index contributed by atoms with van der Waals surface area (Å²) in [6, 6.07) is 6.74. The van der Waals surface area contributed by atoms with Gasteiger partial charge < -0.3 is 14.7 Å². The lowest BCUT2D eigenvalue weighted by Crippen LogP contribution is -2.18. The number of amides is 1. The first-order chi connectivity index (χ1) is 12.4. The number of carbonyl (C=O) groups excluding carboxylic acids is 1. The Kier molecular flexibility index (Phi) is 4.45. The van der Waals surface area contributed by atoms with Crippen LogP contribution in [0, 0.1) is 25.2 Å². The van der Waals surface area contributed by atoms with E-state index in [1.54, 1.807) is 32.0 Å². The SMILES string of the molecule is Cc1[nH]c(=O)c(C#N)c(C)c1CCC(=O)Nc1ccc2oc(=O)[nH]c2c1. The molecule has 2 aromatic heterocycles. The molecule has 0 aliphatic carbocycles. The van der Waals surface area contributed by atoms with Crippen molar-refractivity contribution in [2.75, 3.05) is 5.32 Å². The van der Waals surface area contributed by atoms with Crippen molar-refractivity contribution in [2.45, 2.75) is 26.7 Å². The first-order valence-electron chi connectivity index (χ1n) is 7.94. The van der Waals surface area contributed by atoms with Crippen LogP contribution in [0.25, 0.3) is 11.1 Å². The van der Waals surface area contributed by atoms with Crippen LogP contribution in [0.15, 0.2) is 32.2 Å². The number of nitrogens with zero attached hydrogens (tertiary/aromatic N) is 1. The molecule has 0 unspecified atom stereocenters. The smallest absolute Gasteiger partial charge is 0.408 e. The molecule has 26 heavy (non-hydrogen) atoms. The number of anilines is 1. The molecule has 8 nitrogen and oxygen atoms in total. The minimum Gasteiger partial charge on any atom is -0.408 e. The van der Waals surface area contributed by atoms with E-state index in [-0.39, 0.29) is 17.9 Å². The molecule has 0 spiro atoms. The minimum atomic E-state index is -0.555. The number of nitrogens with one attached hydrogen (secondary N) is 3. The van der Waals surface area contributed by atoms with E-state index in [1.165, 1.54) is 0 Å². The monoisotopic (exact) mass is 352 g/mol. The third-order valence-corrected chi connectivity index (χ3v) is 4.22. The van der Waals surface area contributed by atoms with E-state index < -0.39 is 11.3 Å². The maximum absolute atomic E-state index is 12.2. The average molecular weight is 352 g/mol. The van der Waals surface area contributed by atoms with Gasteiger partial charge in [-0.15, -0.1) is 0 Å². The third-order valence-electron chi connectivity index (χ3n) is 4.22. The molecule has 0 saturated heterocycles. The van der Waals surface area contributed by atoms with Gasteiger partial charge in [0.1, 0.15) is 11.6 Å². The van der Waals surface area contributed by atoms with Crippen LogP contribution >= 0.6 is 0 Å². The summed E-state index contributed by atoms with van der Waals surface area (Å²) < 4.78 is 4.91. The molecule has 0 atom stereocenters.